The number of nitrogens with two attached hydrogens (primary N) is 1. The lowest BCUT2D eigenvalue weighted by Gasteiger charge is -2.38. The van der Waals surface area contributed by atoms with Gasteiger partial charge in [-0.25, -0.2) is 0 Å². The fraction of sp³-hybridized carbons (Fsp3) is 0.938. The van der Waals surface area contributed by atoms with Gasteiger partial charge in [-0.15, -0.1) is 0 Å². The van der Waals surface area contributed by atoms with Gasteiger partial charge in [-0.2, -0.15) is 0 Å². The van der Waals surface area contributed by atoms with Crippen LogP contribution >= 0.6 is 0 Å². The Bertz CT molecular complexity index is 348. The highest BCUT2D eigenvalue weighted by molar-refractivity contribution is 5.85. The van der Waals surface area contributed by atoms with Gasteiger partial charge in [-0.1, -0.05) is 0 Å². The molecule has 1 amide bonds. The fourth-order valence-corrected chi connectivity index (χ4v) is 3.53. The quantitative estimate of drug-likeness (QED) is 0.831. The molecule has 5 heteroatoms. The smallest absolute Gasteiger partial charge is 0.242 e. The molecule has 0 radical (unpaired) electrons. The molecule has 0 aliphatic carbocycles. The lowest BCUT2D eigenvalue weighted by atomic mass is 10.0. The van der Waals surface area contributed by atoms with Crippen molar-refractivity contribution in [3.63, 3.8) is 0 Å². The Kier molecular flexibility index (Phi) is 5.28. The van der Waals surface area contributed by atoms with Crippen LogP contribution in [0.3, 0.4) is 0 Å². The summed E-state index contributed by atoms with van der Waals surface area (Å²) in [5, 5.41) is 0. The average molecular weight is 296 g/mol. The molecule has 5 nitrogen and oxygen atoms in total. The van der Waals surface area contributed by atoms with Crippen molar-refractivity contribution in [2.45, 2.75) is 58.2 Å². The molecule has 0 bridgehead atoms. The summed E-state index contributed by atoms with van der Waals surface area (Å²) in [6, 6.07) is 1.45. The zero-order valence-electron chi connectivity index (χ0n) is 14.1. The number of carbonyl (C=O) groups excluding carboxylic acids is 1. The van der Waals surface area contributed by atoms with Crippen LogP contribution in [0.1, 0.15) is 40.5 Å². The van der Waals surface area contributed by atoms with E-state index in [0.29, 0.717) is 0 Å². The minimum Gasteiger partial charge on any atom is -0.339 e. The number of piperazine rings is 1. The number of hydrogen-bond acceptors (Lipinski definition) is 4. The highest BCUT2D eigenvalue weighted by Gasteiger charge is 2.31. The molecule has 2 unspecified atom stereocenters. The van der Waals surface area contributed by atoms with E-state index < -0.39 is 5.54 Å². The normalized spacial score (nSPS) is 29.1. The first-order valence-electron chi connectivity index (χ1n) is 8.35. The maximum absolute atomic E-state index is 12.2. The second kappa shape index (κ2) is 6.63. The Labute approximate surface area is 129 Å². The summed E-state index contributed by atoms with van der Waals surface area (Å²) in [6.07, 6.45) is 2.66. The third kappa shape index (κ3) is 4.18. The molecule has 0 spiro atoms. The SMILES string of the molecule is CC1CCC(C)N1CCN1CCN(C(=O)C(C)(C)N)CC1. The summed E-state index contributed by atoms with van der Waals surface area (Å²) in [7, 11) is 0. The average Bonchev–Trinajstić information content (AvgIpc) is 2.75. The van der Waals surface area contributed by atoms with Crippen molar-refractivity contribution in [3.05, 3.63) is 0 Å². The fourth-order valence-electron chi connectivity index (χ4n) is 3.53. The minimum atomic E-state index is -0.747. The predicted octanol–water partition coefficient (Wildman–Crippen LogP) is 0.741. The summed E-state index contributed by atoms with van der Waals surface area (Å²) < 4.78 is 0. The van der Waals surface area contributed by atoms with E-state index in [1.165, 1.54) is 12.8 Å². The molecule has 2 rings (SSSR count). The molecule has 122 valence electrons. The zero-order valence-corrected chi connectivity index (χ0v) is 14.1. The van der Waals surface area contributed by atoms with Crippen molar-refractivity contribution in [2.75, 3.05) is 39.3 Å². The van der Waals surface area contributed by atoms with Crippen LogP contribution in [0.2, 0.25) is 0 Å². The number of likely N-dealkylation sites (tertiary alicyclic amines) is 1. The summed E-state index contributed by atoms with van der Waals surface area (Å²) in [5.74, 6) is 0.0731. The standard InChI is InChI=1S/C16H32N4O/c1-13-5-6-14(2)20(13)12-9-18-7-10-19(11-8-18)15(21)16(3,4)17/h13-14H,5-12,17H2,1-4H3. The van der Waals surface area contributed by atoms with E-state index in [-0.39, 0.29) is 5.91 Å². The van der Waals surface area contributed by atoms with E-state index in [2.05, 4.69) is 23.6 Å². The van der Waals surface area contributed by atoms with Crippen molar-refractivity contribution in [1.29, 1.82) is 0 Å². The molecule has 0 saturated carbocycles. The van der Waals surface area contributed by atoms with Crippen molar-refractivity contribution in [3.8, 4) is 0 Å². The molecule has 2 N–H and O–H groups in total. The van der Waals surface area contributed by atoms with E-state index in [9.17, 15) is 4.79 Å². The molecule has 2 fully saturated rings. The maximum Gasteiger partial charge on any atom is 0.242 e. The molecular weight excluding hydrogens is 264 g/mol. The molecular formula is C16H32N4O. The van der Waals surface area contributed by atoms with Gasteiger partial charge in [0.1, 0.15) is 0 Å². The third-order valence-electron chi connectivity index (χ3n) is 5.02. The van der Waals surface area contributed by atoms with E-state index in [4.69, 9.17) is 5.73 Å². The van der Waals surface area contributed by atoms with Crippen molar-refractivity contribution >= 4 is 5.91 Å². The van der Waals surface area contributed by atoms with Gasteiger partial charge < -0.3 is 10.6 Å². The van der Waals surface area contributed by atoms with Crippen LogP contribution in [0, 0.1) is 0 Å². The summed E-state index contributed by atoms with van der Waals surface area (Å²) in [6.45, 7) is 14.1. The van der Waals surface area contributed by atoms with E-state index in [0.717, 1.165) is 51.4 Å². The Morgan fingerprint density at radius 1 is 1.05 bits per heavy atom. The van der Waals surface area contributed by atoms with Crippen molar-refractivity contribution in [2.24, 2.45) is 5.73 Å². The topological polar surface area (TPSA) is 52.8 Å². The number of amides is 1. The molecule has 2 heterocycles. The number of nitrogens with zero attached hydrogens (tertiary/aromatic N) is 3. The van der Waals surface area contributed by atoms with Crippen LogP contribution in [0.5, 0.6) is 0 Å². The Morgan fingerprint density at radius 3 is 2.05 bits per heavy atom. The zero-order chi connectivity index (χ0) is 15.6. The Morgan fingerprint density at radius 2 is 1.57 bits per heavy atom. The molecule has 0 aromatic rings. The highest BCUT2D eigenvalue weighted by atomic mass is 16.2. The molecule has 2 aliphatic heterocycles. The van der Waals surface area contributed by atoms with Crippen LogP contribution in [0.25, 0.3) is 0 Å². The van der Waals surface area contributed by atoms with Gasteiger partial charge >= 0.3 is 0 Å². The molecule has 0 aromatic carbocycles. The van der Waals surface area contributed by atoms with Gasteiger partial charge in [0.15, 0.2) is 0 Å². The van der Waals surface area contributed by atoms with Crippen molar-refractivity contribution in [1.82, 2.24) is 14.7 Å². The number of rotatable bonds is 4. The number of carbonyl (C=O) groups is 1. The summed E-state index contributed by atoms with van der Waals surface area (Å²) in [5.41, 5.74) is 5.16. The second-order valence-corrected chi connectivity index (χ2v) is 7.37. The van der Waals surface area contributed by atoms with Gasteiger partial charge in [0, 0.05) is 51.4 Å². The number of hydrogen-bond donors (Lipinski definition) is 1. The predicted molar refractivity (Wildman–Crippen MR) is 86.2 cm³/mol. The van der Waals surface area contributed by atoms with E-state index >= 15 is 0 Å². The van der Waals surface area contributed by atoms with Gasteiger partial charge in [0.25, 0.3) is 0 Å². The molecule has 2 aliphatic rings. The molecule has 2 saturated heterocycles. The highest BCUT2D eigenvalue weighted by Crippen LogP contribution is 2.22. The van der Waals surface area contributed by atoms with Crippen LogP contribution in [-0.4, -0.2) is 77.5 Å². The first kappa shape index (κ1) is 16.7. The second-order valence-electron chi connectivity index (χ2n) is 7.37. The van der Waals surface area contributed by atoms with Crippen LogP contribution in [0.4, 0.5) is 0 Å². The van der Waals surface area contributed by atoms with Gasteiger partial charge in [0.2, 0.25) is 5.91 Å². The van der Waals surface area contributed by atoms with E-state index in [1.54, 1.807) is 13.8 Å². The van der Waals surface area contributed by atoms with Crippen LogP contribution in [0.15, 0.2) is 0 Å². The molecule has 2 atom stereocenters. The monoisotopic (exact) mass is 296 g/mol. The summed E-state index contributed by atoms with van der Waals surface area (Å²) in [4.78, 5) is 19.2. The van der Waals surface area contributed by atoms with Crippen LogP contribution in [-0.2, 0) is 4.79 Å². The maximum atomic E-state index is 12.2. The van der Waals surface area contributed by atoms with Gasteiger partial charge in [0.05, 0.1) is 5.54 Å². The lowest BCUT2D eigenvalue weighted by Crippen LogP contribution is -2.57. The molecule has 0 aromatic heterocycles. The van der Waals surface area contributed by atoms with Crippen LogP contribution < -0.4 is 5.73 Å². The minimum absolute atomic E-state index is 0.0731. The van der Waals surface area contributed by atoms with Crippen molar-refractivity contribution < 1.29 is 4.79 Å². The van der Waals surface area contributed by atoms with Gasteiger partial charge in [-0.3, -0.25) is 14.6 Å². The first-order valence-corrected chi connectivity index (χ1v) is 8.35. The van der Waals surface area contributed by atoms with Gasteiger partial charge in [-0.05, 0) is 40.5 Å². The Balaban J connectivity index is 1.73. The third-order valence-corrected chi connectivity index (χ3v) is 5.02. The lowest BCUT2D eigenvalue weighted by molar-refractivity contribution is -0.137. The first-order chi connectivity index (χ1) is 9.79. The largest absolute Gasteiger partial charge is 0.339 e. The molecule has 21 heavy (non-hydrogen) atoms. The summed E-state index contributed by atoms with van der Waals surface area (Å²) >= 11 is 0. The van der Waals surface area contributed by atoms with E-state index in [1.807, 2.05) is 4.90 Å². The Hall–Kier alpha value is -0.650.